The summed E-state index contributed by atoms with van der Waals surface area (Å²) in [6.07, 6.45) is 27.3. The van der Waals surface area contributed by atoms with Crippen molar-refractivity contribution in [1.82, 2.24) is 59.1 Å². The van der Waals surface area contributed by atoms with E-state index in [4.69, 9.17) is 62.4 Å². The topological polar surface area (TPSA) is 377 Å². The summed E-state index contributed by atoms with van der Waals surface area (Å²) in [6.45, 7) is 64.9. The number of aryl methyl sites for hydroxylation is 2. The third-order valence-electron chi connectivity index (χ3n) is 19.4. The molecular formula is C91H133N15O20. The minimum atomic E-state index is -0.640. The van der Waals surface area contributed by atoms with Crippen molar-refractivity contribution in [3.05, 3.63) is 245 Å². The highest BCUT2D eigenvalue weighted by Crippen LogP contribution is 2.31. The maximum Gasteiger partial charge on any atom is 0.333 e. The lowest BCUT2D eigenvalue weighted by Crippen LogP contribution is -2.49. The fourth-order valence-electron chi connectivity index (χ4n) is 12.8. The SMILES string of the molecule is C=C1NC(=O)C(C)=CN1[C@H]1C=C[C@@H](COC(C)(C)C)O1.C=C1NC(=O)C(C)=CN1[C@H]1C=C[C@@H](COCC(C)C)O1.C=C1NC(=O)N([C@H]2C=C(N=[N+]=[N-])[C@@H](COCC)O2)C=C1C.C=C1NC(=O)N([C@H]2C=C[C@@H](COC(C)C)O2)C=C1C.Cc1cn([C@H]2C=C[C@@H](COC(C)(C)C)O2)c(=O)n(C(C)(C)C)c1=O.Cc1cn([C@H]2C=C[C@@H](COC(C)C)O2)c(=O)n(C(C)C)c1=O. The molecule has 2 aromatic rings. The third kappa shape index (κ3) is 29.9. The molecule has 126 heavy (non-hydrogen) atoms. The predicted octanol–water partition coefficient (Wildman–Crippen LogP) is 12.3. The molecule has 2 aromatic heterocycles. The molecule has 35 nitrogen and oxygen atoms in total. The fourth-order valence-corrected chi connectivity index (χ4v) is 12.8. The molecule has 0 bridgehead atoms. The molecule has 0 aliphatic carbocycles. The van der Waals surface area contributed by atoms with Gasteiger partial charge in [0.25, 0.3) is 22.9 Å². The molecule has 0 saturated carbocycles. The minimum absolute atomic E-state index is 0.0575. The lowest BCUT2D eigenvalue weighted by Gasteiger charge is -2.32. The second kappa shape index (κ2) is 45.9. The molecule has 12 rings (SSSR count). The third-order valence-corrected chi connectivity index (χ3v) is 19.4. The zero-order valence-electron chi connectivity index (χ0n) is 77.6. The van der Waals surface area contributed by atoms with Gasteiger partial charge in [-0.05, 0) is 211 Å². The van der Waals surface area contributed by atoms with Gasteiger partial charge in [0.05, 0.1) is 63.1 Å². The van der Waals surface area contributed by atoms with Crippen molar-refractivity contribution >= 4 is 23.9 Å². The van der Waals surface area contributed by atoms with Gasteiger partial charge >= 0.3 is 23.4 Å². The van der Waals surface area contributed by atoms with Crippen molar-refractivity contribution in [2.75, 3.05) is 52.9 Å². The first kappa shape index (κ1) is 103. The zero-order chi connectivity index (χ0) is 93.7. The molecular weight excluding hydrogens is 1620 g/mol. The van der Waals surface area contributed by atoms with Gasteiger partial charge in [0, 0.05) is 106 Å². The average Bonchev–Trinajstić information content (AvgIpc) is 1.38. The van der Waals surface area contributed by atoms with Gasteiger partial charge in [0.1, 0.15) is 48.3 Å². The first-order valence-corrected chi connectivity index (χ1v) is 42.3. The molecule has 0 saturated heterocycles. The van der Waals surface area contributed by atoms with E-state index in [1.54, 1.807) is 71.0 Å². The van der Waals surface area contributed by atoms with Crippen LogP contribution in [0, 0.1) is 19.8 Å². The standard InChI is InChI=1S/C18H28N2O4.C16H24N2O4.2C15H22N2O3.C14H20N2O3.C13H17N5O3/c1-12-10-19(16(22)20(15(12)21)17(2,3)4)14-9-8-13(24-14)11-23-18(5,6)7;1-10(2)18-15(19)12(5)8-17(16(18)20)14-7-6-13(22-14)9-21-11(3)4;1-10-8-17(11(2)16-14(10)18)13-7-6-12(20-13)9-19-15(3,4)5;1-10(2)8-19-9-13-5-6-14(20-13)17-7-11(3)15(18)16-12(17)4;1-9(2)18-8-12-5-6-13(19-12)16-7-10(3)11(4)15-14(16)17;1-4-20-7-11-10(16-17-14)5-12(21-11)18-6-8(2)9(3)15-13(18)19/h8-10,13-14H,11H2,1-7H3;6-8,10-11,13-14H,9H2,1-5H3;6-8,12-13H,2,9H2,1,3-5H3,(H,16,18);5-7,10,13-14H,4,8-9H2,1-3H3,(H,16,18);5-7,9,12-13H,4,8H2,1-3H3,(H,15,17);5-6,11-12H,3-4,7H2,1-2H3,(H,15,19)/t2*13-,14+;12-,13+;13-,14+;12-,13+;11-,12-/m000001/s1. The number of aromatic nitrogens is 4. The summed E-state index contributed by atoms with van der Waals surface area (Å²) in [4.78, 5) is 106. The van der Waals surface area contributed by atoms with E-state index in [9.17, 15) is 38.4 Å². The molecule has 0 radical (unpaired) electrons. The second-order valence-corrected chi connectivity index (χ2v) is 35.3. The van der Waals surface area contributed by atoms with Crippen LogP contribution in [0.15, 0.2) is 206 Å². The summed E-state index contributed by atoms with van der Waals surface area (Å²) < 4.78 is 73.8. The lowest BCUT2D eigenvalue weighted by molar-refractivity contribution is -0.119. The van der Waals surface area contributed by atoms with Crippen LogP contribution < -0.4 is 43.8 Å². The zero-order valence-corrected chi connectivity index (χ0v) is 77.6. The number of hydrogen-bond donors (Lipinski definition) is 4. The summed E-state index contributed by atoms with van der Waals surface area (Å²) in [5.74, 6) is 1.32. The van der Waals surface area contributed by atoms with Crippen LogP contribution in [0.2, 0.25) is 0 Å². The van der Waals surface area contributed by atoms with Crippen molar-refractivity contribution in [3.8, 4) is 0 Å². The summed E-state index contributed by atoms with van der Waals surface area (Å²) in [7, 11) is 0. The summed E-state index contributed by atoms with van der Waals surface area (Å²) in [5.41, 5.74) is 12.0. The predicted molar refractivity (Wildman–Crippen MR) is 478 cm³/mol. The molecule has 6 amide bonds. The Morgan fingerprint density at radius 1 is 0.460 bits per heavy atom. The number of urea groups is 2. The lowest BCUT2D eigenvalue weighted by atomic mass is 10.1. The maximum absolute atomic E-state index is 12.8. The molecule has 12 heterocycles. The van der Waals surface area contributed by atoms with Crippen LogP contribution in [0.3, 0.4) is 0 Å². The largest absolute Gasteiger partial charge is 0.379 e. The smallest absolute Gasteiger partial charge is 0.333 e. The van der Waals surface area contributed by atoms with Crippen molar-refractivity contribution in [3.63, 3.8) is 0 Å². The molecule has 10 aliphatic rings. The monoisotopic (exact) mass is 1760 g/mol. The van der Waals surface area contributed by atoms with Gasteiger partial charge in [-0.3, -0.25) is 47.2 Å². The number of azide groups is 1. The number of amides is 6. The number of nitrogens with one attached hydrogen (secondary N) is 4. The van der Waals surface area contributed by atoms with Gasteiger partial charge in [-0.2, -0.15) is 0 Å². The Bertz CT molecular complexity index is 4890. The first-order chi connectivity index (χ1) is 59.0. The molecule has 12 atom stereocenters. The van der Waals surface area contributed by atoms with Crippen molar-refractivity contribution in [2.24, 2.45) is 11.0 Å². The van der Waals surface area contributed by atoms with Gasteiger partial charge in [-0.1, -0.05) is 75.7 Å². The Morgan fingerprint density at radius 2 is 0.841 bits per heavy atom. The van der Waals surface area contributed by atoms with E-state index in [-0.39, 0.29) is 132 Å². The van der Waals surface area contributed by atoms with Gasteiger partial charge in [0.2, 0.25) is 0 Å². The van der Waals surface area contributed by atoms with Crippen LogP contribution in [-0.4, -0.2) is 200 Å². The Balaban J connectivity index is 0.000000208. The Labute approximate surface area is 739 Å². The summed E-state index contributed by atoms with van der Waals surface area (Å²) in [5, 5.41) is 14.4. The van der Waals surface area contributed by atoms with Crippen LogP contribution in [-0.2, 0) is 72.0 Å². The maximum atomic E-state index is 12.8. The molecule has 0 unspecified atom stereocenters. The number of rotatable bonds is 25. The van der Waals surface area contributed by atoms with Gasteiger partial charge < -0.3 is 87.9 Å². The molecule has 4 N–H and O–H groups in total. The van der Waals surface area contributed by atoms with Gasteiger partial charge in [-0.25, -0.2) is 19.2 Å². The Hall–Kier alpha value is -10.4. The average molecular weight is 1760 g/mol. The quantitative estimate of drug-likeness (QED) is 0.0310. The number of nitrogens with zero attached hydrogens (tertiary/aromatic N) is 11. The van der Waals surface area contributed by atoms with Crippen LogP contribution in [0.25, 0.3) is 10.4 Å². The van der Waals surface area contributed by atoms with Crippen LogP contribution in [0.4, 0.5) is 9.59 Å². The second-order valence-electron chi connectivity index (χ2n) is 35.3. The molecule has 692 valence electrons. The minimum Gasteiger partial charge on any atom is -0.379 e. The van der Waals surface area contributed by atoms with E-state index >= 15 is 0 Å². The normalized spacial score (nSPS) is 24.5. The number of carbonyl (C=O) groups is 4. The number of allylic oxidation sites excluding steroid dienone is 2. The molecule has 10 aliphatic heterocycles. The van der Waals surface area contributed by atoms with E-state index in [0.29, 0.717) is 96.6 Å². The highest BCUT2D eigenvalue weighted by Gasteiger charge is 2.38. The van der Waals surface area contributed by atoms with Gasteiger partial charge in [0.15, 0.2) is 37.4 Å². The van der Waals surface area contributed by atoms with Gasteiger partial charge in [-0.15, -0.1) is 0 Å². The van der Waals surface area contributed by atoms with Crippen molar-refractivity contribution < 1.29 is 76.0 Å². The summed E-state index contributed by atoms with van der Waals surface area (Å²) >= 11 is 0. The number of hydrogen-bond acceptors (Lipinski definition) is 23. The molecule has 0 fully saturated rings. The van der Waals surface area contributed by atoms with Crippen LogP contribution >= 0.6 is 0 Å². The van der Waals surface area contributed by atoms with E-state index in [0.717, 1.165) is 17.8 Å². The molecule has 0 aromatic carbocycles. The molecule has 35 heteroatoms. The van der Waals surface area contributed by atoms with E-state index in [1.165, 1.54) is 28.1 Å². The number of ether oxygens (including phenoxy) is 12. The van der Waals surface area contributed by atoms with Crippen molar-refractivity contribution in [1.29, 1.82) is 0 Å². The van der Waals surface area contributed by atoms with Crippen molar-refractivity contribution in [2.45, 2.75) is 275 Å². The highest BCUT2D eigenvalue weighted by molar-refractivity contribution is 5.95. The van der Waals surface area contributed by atoms with E-state index < -0.39 is 30.3 Å². The fraction of sp³-hybridized carbons (Fsp3) is 0.560. The van der Waals surface area contributed by atoms with E-state index in [2.05, 4.69) is 71.5 Å². The first-order valence-electron chi connectivity index (χ1n) is 42.3. The Morgan fingerprint density at radius 3 is 1.24 bits per heavy atom. The van der Waals surface area contributed by atoms with Crippen LogP contribution in [0.1, 0.15) is 182 Å². The highest BCUT2D eigenvalue weighted by atomic mass is 16.6. The molecule has 0 spiro atoms. The van der Waals surface area contributed by atoms with E-state index in [1.807, 2.05) is 195 Å². The number of carbonyl (C=O) groups excluding carboxylic acids is 4. The van der Waals surface area contributed by atoms with Crippen LogP contribution in [0.5, 0.6) is 0 Å². The summed E-state index contributed by atoms with van der Waals surface area (Å²) in [6, 6.07) is -0.767. The Kier molecular flexibility index (Phi) is 37.4.